The van der Waals surface area contributed by atoms with Gasteiger partial charge >= 0.3 is 6.03 Å². The zero-order valence-electron chi connectivity index (χ0n) is 16.8. The Morgan fingerprint density at radius 3 is 2.50 bits per heavy atom. The fourth-order valence-corrected chi connectivity index (χ4v) is 3.96. The number of ether oxygens (including phenoxy) is 2. The maximum Gasteiger partial charge on any atom is 0.325 e. The summed E-state index contributed by atoms with van der Waals surface area (Å²) in [5.74, 6) is 0.186. The average Bonchev–Trinajstić information content (AvgIpc) is 2.96. The van der Waals surface area contributed by atoms with Crippen LogP contribution in [0.2, 0.25) is 0 Å². The van der Waals surface area contributed by atoms with Gasteiger partial charge in [-0.1, -0.05) is 40.2 Å². The molecular formula is C21H22BrN3O5. The number of urea groups is 1. The van der Waals surface area contributed by atoms with Crippen LogP contribution in [0.15, 0.2) is 46.9 Å². The lowest BCUT2D eigenvalue weighted by Crippen LogP contribution is -2.43. The van der Waals surface area contributed by atoms with E-state index in [4.69, 9.17) is 9.47 Å². The van der Waals surface area contributed by atoms with Crippen LogP contribution in [0, 0.1) is 0 Å². The van der Waals surface area contributed by atoms with Gasteiger partial charge in [-0.15, -0.1) is 0 Å². The molecule has 3 rings (SSSR count). The van der Waals surface area contributed by atoms with Crippen LogP contribution >= 0.6 is 15.9 Å². The van der Waals surface area contributed by atoms with E-state index >= 15 is 0 Å². The summed E-state index contributed by atoms with van der Waals surface area (Å²) >= 11 is 3.41. The van der Waals surface area contributed by atoms with Gasteiger partial charge in [-0.25, -0.2) is 4.79 Å². The SMILES string of the molecule is COc1ccc(CNC(=O)CN2C(=O)N[C@](C)(c3ccccc3Br)C2=O)cc1OC. The Morgan fingerprint density at radius 2 is 1.83 bits per heavy atom. The van der Waals surface area contributed by atoms with E-state index in [1.165, 1.54) is 7.11 Å². The lowest BCUT2D eigenvalue weighted by Gasteiger charge is -2.23. The Labute approximate surface area is 182 Å². The molecule has 8 nitrogen and oxygen atoms in total. The van der Waals surface area contributed by atoms with E-state index in [0.29, 0.717) is 21.5 Å². The van der Waals surface area contributed by atoms with Crippen molar-refractivity contribution in [2.24, 2.45) is 0 Å². The number of carbonyl (C=O) groups excluding carboxylic acids is 3. The van der Waals surface area contributed by atoms with Crippen molar-refractivity contribution < 1.29 is 23.9 Å². The second-order valence-electron chi connectivity index (χ2n) is 6.89. The normalized spacial score (nSPS) is 18.2. The predicted molar refractivity (Wildman–Crippen MR) is 113 cm³/mol. The second kappa shape index (κ2) is 8.74. The molecule has 0 aromatic heterocycles. The first-order valence-electron chi connectivity index (χ1n) is 9.17. The fraction of sp³-hybridized carbons (Fsp3) is 0.286. The Bertz CT molecular complexity index is 996. The van der Waals surface area contributed by atoms with Crippen molar-refractivity contribution in [2.75, 3.05) is 20.8 Å². The quantitative estimate of drug-likeness (QED) is 0.599. The molecule has 158 valence electrons. The molecule has 4 amide bonds. The standard InChI is InChI=1S/C21H22BrN3O5/c1-21(14-6-4-5-7-15(14)22)19(27)25(20(28)24-21)12-18(26)23-11-13-8-9-16(29-2)17(10-13)30-3/h4-10H,11-12H2,1-3H3,(H,23,26)(H,24,28)/t21-/m1/s1. The number of amides is 4. The van der Waals surface area contributed by atoms with Crippen molar-refractivity contribution in [2.45, 2.75) is 19.0 Å². The highest BCUT2D eigenvalue weighted by Gasteiger charge is 2.50. The van der Waals surface area contributed by atoms with E-state index in [-0.39, 0.29) is 13.1 Å². The van der Waals surface area contributed by atoms with E-state index < -0.39 is 23.4 Å². The molecule has 1 aliphatic heterocycles. The smallest absolute Gasteiger partial charge is 0.325 e. The highest BCUT2D eigenvalue weighted by Crippen LogP contribution is 2.33. The zero-order valence-corrected chi connectivity index (χ0v) is 18.4. The molecule has 0 bridgehead atoms. The largest absolute Gasteiger partial charge is 0.493 e. The topological polar surface area (TPSA) is 97.0 Å². The highest BCUT2D eigenvalue weighted by molar-refractivity contribution is 9.10. The molecule has 0 saturated carbocycles. The Hall–Kier alpha value is -3.07. The van der Waals surface area contributed by atoms with E-state index in [1.807, 2.05) is 6.07 Å². The molecule has 2 aromatic rings. The summed E-state index contributed by atoms with van der Waals surface area (Å²) in [6.45, 7) is 1.46. The number of benzene rings is 2. The van der Waals surface area contributed by atoms with Gasteiger partial charge in [0.25, 0.3) is 5.91 Å². The van der Waals surface area contributed by atoms with Crippen molar-refractivity contribution in [3.8, 4) is 11.5 Å². The first-order chi connectivity index (χ1) is 14.3. The molecule has 0 spiro atoms. The Balaban J connectivity index is 1.66. The number of hydrogen-bond acceptors (Lipinski definition) is 5. The molecule has 1 saturated heterocycles. The summed E-state index contributed by atoms with van der Waals surface area (Å²) in [6.07, 6.45) is 0. The number of nitrogens with zero attached hydrogens (tertiary/aromatic N) is 1. The molecule has 1 heterocycles. The van der Waals surface area contributed by atoms with Crippen molar-refractivity contribution >= 4 is 33.8 Å². The third kappa shape index (κ3) is 4.11. The van der Waals surface area contributed by atoms with Gasteiger partial charge in [0.2, 0.25) is 5.91 Å². The molecule has 2 N–H and O–H groups in total. The van der Waals surface area contributed by atoms with E-state index in [2.05, 4.69) is 26.6 Å². The molecule has 2 aromatic carbocycles. The first-order valence-corrected chi connectivity index (χ1v) is 9.96. The minimum Gasteiger partial charge on any atom is -0.493 e. The van der Waals surface area contributed by atoms with Crippen molar-refractivity contribution in [1.82, 2.24) is 15.5 Å². The van der Waals surface area contributed by atoms with Crippen LogP contribution in [0.1, 0.15) is 18.1 Å². The molecular weight excluding hydrogens is 454 g/mol. The summed E-state index contributed by atoms with van der Waals surface area (Å²) in [4.78, 5) is 38.7. The number of carbonyl (C=O) groups is 3. The number of rotatable bonds is 7. The summed E-state index contributed by atoms with van der Waals surface area (Å²) in [5, 5.41) is 5.41. The summed E-state index contributed by atoms with van der Waals surface area (Å²) < 4.78 is 11.1. The summed E-state index contributed by atoms with van der Waals surface area (Å²) in [6, 6.07) is 11.8. The maximum absolute atomic E-state index is 13.0. The zero-order chi connectivity index (χ0) is 21.9. The monoisotopic (exact) mass is 475 g/mol. The van der Waals surface area contributed by atoms with E-state index in [9.17, 15) is 14.4 Å². The van der Waals surface area contributed by atoms with Crippen molar-refractivity contribution in [1.29, 1.82) is 0 Å². The number of hydrogen-bond donors (Lipinski definition) is 2. The van der Waals surface area contributed by atoms with Gasteiger partial charge in [-0.3, -0.25) is 14.5 Å². The molecule has 0 aliphatic carbocycles. The molecule has 0 unspecified atom stereocenters. The van der Waals surface area contributed by atoms with Crippen LogP contribution in [0.25, 0.3) is 0 Å². The lowest BCUT2D eigenvalue weighted by atomic mass is 9.92. The third-order valence-electron chi connectivity index (χ3n) is 4.93. The molecule has 1 fully saturated rings. The van der Waals surface area contributed by atoms with Crippen molar-refractivity contribution in [3.05, 3.63) is 58.1 Å². The minimum absolute atomic E-state index is 0.213. The van der Waals surface area contributed by atoms with Gasteiger partial charge in [0.15, 0.2) is 11.5 Å². The van der Waals surface area contributed by atoms with Gasteiger partial charge in [-0.05, 0) is 30.7 Å². The highest BCUT2D eigenvalue weighted by atomic mass is 79.9. The van der Waals surface area contributed by atoms with Crippen LogP contribution in [0.4, 0.5) is 4.79 Å². The molecule has 30 heavy (non-hydrogen) atoms. The lowest BCUT2D eigenvalue weighted by molar-refractivity contribution is -0.134. The fourth-order valence-electron chi connectivity index (χ4n) is 3.28. The number of methoxy groups -OCH3 is 2. The van der Waals surface area contributed by atoms with Gasteiger partial charge in [-0.2, -0.15) is 0 Å². The number of imide groups is 1. The van der Waals surface area contributed by atoms with Crippen LogP contribution in [0.5, 0.6) is 11.5 Å². The molecule has 9 heteroatoms. The third-order valence-corrected chi connectivity index (χ3v) is 5.62. The Morgan fingerprint density at radius 1 is 1.13 bits per heavy atom. The van der Waals surface area contributed by atoms with Gasteiger partial charge in [0.1, 0.15) is 12.1 Å². The number of nitrogens with one attached hydrogen (secondary N) is 2. The first kappa shape index (κ1) is 21.6. The molecule has 1 atom stereocenters. The summed E-state index contributed by atoms with van der Waals surface area (Å²) in [5.41, 5.74) is 0.161. The van der Waals surface area contributed by atoms with Crippen LogP contribution < -0.4 is 20.1 Å². The summed E-state index contributed by atoms with van der Waals surface area (Å²) in [7, 11) is 3.07. The Kier molecular flexibility index (Phi) is 6.31. The number of halogens is 1. The maximum atomic E-state index is 13.0. The molecule has 1 aliphatic rings. The molecule has 0 radical (unpaired) electrons. The van der Waals surface area contributed by atoms with Gasteiger partial charge in [0.05, 0.1) is 14.2 Å². The van der Waals surface area contributed by atoms with Crippen LogP contribution in [-0.2, 0) is 21.7 Å². The minimum atomic E-state index is -1.25. The van der Waals surface area contributed by atoms with Gasteiger partial charge in [0, 0.05) is 16.6 Å². The van der Waals surface area contributed by atoms with E-state index in [0.717, 1.165) is 10.5 Å². The van der Waals surface area contributed by atoms with Crippen LogP contribution in [0.3, 0.4) is 0 Å². The average molecular weight is 476 g/mol. The van der Waals surface area contributed by atoms with Crippen molar-refractivity contribution in [3.63, 3.8) is 0 Å². The van der Waals surface area contributed by atoms with Gasteiger partial charge < -0.3 is 20.1 Å². The van der Waals surface area contributed by atoms with E-state index in [1.54, 1.807) is 50.4 Å². The predicted octanol–water partition coefficient (Wildman–Crippen LogP) is 2.55. The van der Waals surface area contributed by atoms with Crippen LogP contribution in [-0.4, -0.2) is 43.5 Å². The second-order valence-corrected chi connectivity index (χ2v) is 7.75.